The van der Waals surface area contributed by atoms with Gasteiger partial charge in [-0.05, 0) is 31.0 Å². The van der Waals surface area contributed by atoms with Crippen molar-refractivity contribution in [3.63, 3.8) is 0 Å². The first-order chi connectivity index (χ1) is 11.7. The summed E-state index contributed by atoms with van der Waals surface area (Å²) in [6, 6.07) is 10.1. The van der Waals surface area contributed by atoms with Crippen molar-refractivity contribution in [2.24, 2.45) is 0 Å². The van der Waals surface area contributed by atoms with Gasteiger partial charge in [0, 0.05) is 57.0 Å². The number of morpholine rings is 1. The average Bonchev–Trinajstić information content (AvgIpc) is 2.95. The normalized spacial score (nSPS) is 32.1. The van der Waals surface area contributed by atoms with E-state index >= 15 is 0 Å². The number of piperazine rings is 1. The van der Waals surface area contributed by atoms with Crippen molar-refractivity contribution in [1.29, 1.82) is 0 Å². The molecule has 4 rings (SSSR count). The lowest BCUT2D eigenvalue weighted by atomic mass is 10.1. The van der Waals surface area contributed by atoms with Crippen LogP contribution in [0.5, 0.6) is 0 Å². The second-order valence-corrected chi connectivity index (χ2v) is 7.54. The van der Waals surface area contributed by atoms with Crippen LogP contribution in [0.15, 0.2) is 24.3 Å². The number of hydrogen-bond acceptors (Lipinski definition) is 5. The zero-order valence-electron chi connectivity index (χ0n) is 14.6. The summed E-state index contributed by atoms with van der Waals surface area (Å²) in [6.45, 7) is 9.96. The lowest BCUT2D eigenvalue weighted by Crippen LogP contribution is -2.54. The van der Waals surface area contributed by atoms with Gasteiger partial charge >= 0.3 is 0 Å². The summed E-state index contributed by atoms with van der Waals surface area (Å²) < 4.78 is 5.43. The molecule has 5 heteroatoms. The van der Waals surface area contributed by atoms with Crippen LogP contribution in [0, 0.1) is 0 Å². The number of fused-ring (bicyclic) bond motifs is 1. The Balaban J connectivity index is 1.38. The molecule has 1 aromatic carbocycles. The third-order valence-electron chi connectivity index (χ3n) is 5.77. The Kier molecular flexibility index (Phi) is 4.77. The number of rotatable bonds is 3. The maximum Gasteiger partial charge on any atom is 0.0682 e. The standard InChI is InChI=1S/C19H29N3O2/c1-15-11-22-14-19(23)10-18(22)13-21(15)12-16-2-4-17(5-3-16)20-6-8-24-9-7-20/h2-5,15,18-19,23H,6-14H2,1H3/t15-,18-,19-/m1/s1. The van der Waals surface area contributed by atoms with Gasteiger partial charge in [-0.3, -0.25) is 9.80 Å². The van der Waals surface area contributed by atoms with Crippen molar-refractivity contribution in [3.05, 3.63) is 29.8 Å². The van der Waals surface area contributed by atoms with Crippen LogP contribution in [0.2, 0.25) is 0 Å². The fourth-order valence-corrected chi connectivity index (χ4v) is 4.37. The Hall–Kier alpha value is -1.14. The van der Waals surface area contributed by atoms with Crippen LogP contribution in [-0.4, -0.2) is 79.0 Å². The molecular weight excluding hydrogens is 302 g/mol. The Morgan fingerprint density at radius 2 is 1.83 bits per heavy atom. The molecule has 3 saturated heterocycles. The molecule has 24 heavy (non-hydrogen) atoms. The third kappa shape index (κ3) is 3.45. The minimum atomic E-state index is -0.130. The van der Waals surface area contributed by atoms with Gasteiger partial charge < -0.3 is 14.7 Å². The van der Waals surface area contributed by atoms with E-state index in [0.29, 0.717) is 12.1 Å². The average molecular weight is 331 g/mol. The highest BCUT2D eigenvalue weighted by molar-refractivity contribution is 5.47. The predicted octanol–water partition coefficient (Wildman–Crippen LogP) is 1.16. The molecule has 0 amide bonds. The predicted molar refractivity (Wildman–Crippen MR) is 95.3 cm³/mol. The maximum atomic E-state index is 9.90. The minimum Gasteiger partial charge on any atom is -0.392 e. The molecule has 3 heterocycles. The van der Waals surface area contributed by atoms with E-state index < -0.39 is 0 Å². The maximum absolute atomic E-state index is 9.90. The van der Waals surface area contributed by atoms with Crippen molar-refractivity contribution in [3.8, 4) is 0 Å². The molecule has 1 N–H and O–H groups in total. The van der Waals surface area contributed by atoms with Gasteiger partial charge in [-0.25, -0.2) is 0 Å². The first-order valence-electron chi connectivity index (χ1n) is 9.27. The number of nitrogens with zero attached hydrogens (tertiary/aromatic N) is 3. The van der Waals surface area contributed by atoms with Crippen molar-refractivity contribution in [2.75, 3.05) is 50.8 Å². The summed E-state index contributed by atoms with van der Waals surface area (Å²) in [5.74, 6) is 0. The minimum absolute atomic E-state index is 0.130. The van der Waals surface area contributed by atoms with E-state index in [0.717, 1.165) is 58.9 Å². The van der Waals surface area contributed by atoms with Gasteiger partial charge in [-0.1, -0.05) is 12.1 Å². The molecule has 0 spiro atoms. The molecule has 3 atom stereocenters. The molecule has 5 nitrogen and oxygen atoms in total. The van der Waals surface area contributed by atoms with Crippen LogP contribution in [0.1, 0.15) is 18.9 Å². The molecule has 0 unspecified atom stereocenters. The van der Waals surface area contributed by atoms with Crippen LogP contribution in [0.25, 0.3) is 0 Å². The molecular formula is C19H29N3O2. The highest BCUT2D eigenvalue weighted by Gasteiger charge is 2.37. The first kappa shape index (κ1) is 16.3. The largest absolute Gasteiger partial charge is 0.392 e. The molecule has 3 aliphatic rings. The van der Waals surface area contributed by atoms with Crippen molar-refractivity contribution >= 4 is 5.69 Å². The Morgan fingerprint density at radius 1 is 1.08 bits per heavy atom. The number of benzene rings is 1. The summed E-state index contributed by atoms with van der Waals surface area (Å²) in [6.07, 6.45) is 0.800. The van der Waals surface area contributed by atoms with E-state index in [4.69, 9.17) is 4.74 Å². The molecule has 132 valence electrons. The van der Waals surface area contributed by atoms with E-state index in [1.807, 2.05) is 0 Å². The highest BCUT2D eigenvalue weighted by atomic mass is 16.5. The van der Waals surface area contributed by atoms with E-state index in [1.54, 1.807) is 0 Å². The molecule has 0 saturated carbocycles. The second-order valence-electron chi connectivity index (χ2n) is 7.54. The fourth-order valence-electron chi connectivity index (χ4n) is 4.37. The molecule has 1 aromatic rings. The van der Waals surface area contributed by atoms with E-state index in [2.05, 4.69) is 45.9 Å². The quantitative estimate of drug-likeness (QED) is 0.900. The molecule has 0 aliphatic carbocycles. The van der Waals surface area contributed by atoms with Crippen molar-refractivity contribution in [1.82, 2.24) is 9.80 Å². The highest BCUT2D eigenvalue weighted by Crippen LogP contribution is 2.26. The van der Waals surface area contributed by atoms with Crippen LogP contribution in [0.4, 0.5) is 5.69 Å². The summed E-state index contributed by atoms with van der Waals surface area (Å²) in [4.78, 5) is 7.44. The smallest absolute Gasteiger partial charge is 0.0682 e. The molecule has 0 bridgehead atoms. The zero-order chi connectivity index (χ0) is 16.5. The molecule has 0 aromatic heterocycles. The van der Waals surface area contributed by atoms with Gasteiger partial charge in [0.1, 0.15) is 0 Å². The number of aliphatic hydroxyl groups excluding tert-OH is 1. The van der Waals surface area contributed by atoms with Gasteiger partial charge in [-0.15, -0.1) is 0 Å². The van der Waals surface area contributed by atoms with Gasteiger partial charge in [0.25, 0.3) is 0 Å². The van der Waals surface area contributed by atoms with Gasteiger partial charge in [0.15, 0.2) is 0 Å². The SMILES string of the molecule is C[C@@H]1CN2C[C@H](O)C[C@@H]2CN1Cc1ccc(N2CCOCC2)cc1. The molecule has 0 radical (unpaired) electrons. The van der Waals surface area contributed by atoms with Crippen LogP contribution in [0.3, 0.4) is 0 Å². The first-order valence-corrected chi connectivity index (χ1v) is 9.27. The second kappa shape index (κ2) is 7.00. The topological polar surface area (TPSA) is 39.2 Å². The van der Waals surface area contributed by atoms with Gasteiger partial charge in [-0.2, -0.15) is 0 Å². The van der Waals surface area contributed by atoms with E-state index in [-0.39, 0.29) is 6.10 Å². The summed E-state index contributed by atoms with van der Waals surface area (Å²) in [5, 5.41) is 9.90. The Labute approximate surface area is 144 Å². The summed E-state index contributed by atoms with van der Waals surface area (Å²) >= 11 is 0. The number of anilines is 1. The van der Waals surface area contributed by atoms with Gasteiger partial charge in [0.05, 0.1) is 19.3 Å². The Morgan fingerprint density at radius 3 is 2.58 bits per heavy atom. The Bertz CT molecular complexity index is 544. The zero-order valence-corrected chi connectivity index (χ0v) is 14.6. The summed E-state index contributed by atoms with van der Waals surface area (Å²) in [7, 11) is 0. The van der Waals surface area contributed by atoms with Gasteiger partial charge in [0.2, 0.25) is 0 Å². The fraction of sp³-hybridized carbons (Fsp3) is 0.684. The third-order valence-corrected chi connectivity index (χ3v) is 5.77. The van der Waals surface area contributed by atoms with Crippen molar-refractivity contribution < 1.29 is 9.84 Å². The number of hydrogen-bond donors (Lipinski definition) is 1. The van der Waals surface area contributed by atoms with E-state index in [9.17, 15) is 5.11 Å². The summed E-state index contributed by atoms with van der Waals surface area (Å²) in [5.41, 5.74) is 2.68. The number of ether oxygens (including phenoxy) is 1. The number of aliphatic hydroxyl groups is 1. The van der Waals surface area contributed by atoms with Crippen LogP contribution >= 0.6 is 0 Å². The van der Waals surface area contributed by atoms with Crippen molar-refractivity contribution in [2.45, 2.75) is 38.1 Å². The molecule has 3 fully saturated rings. The lowest BCUT2D eigenvalue weighted by Gasteiger charge is -2.42. The monoisotopic (exact) mass is 331 g/mol. The van der Waals surface area contributed by atoms with E-state index in [1.165, 1.54) is 11.3 Å². The molecule has 3 aliphatic heterocycles. The lowest BCUT2D eigenvalue weighted by molar-refractivity contribution is 0.0528. The van der Waals surface area contributed by atoms with Crippen LogP contribution < -0.4 is 4.90 Å². The van der Waals surface area contributed by atoms with Crippen LogP contribution in [-0.2, 0) is 11.3 Å².